The zero-order chi connectivity index (χ0) is 38.2. The molecule has 1 aromatic heterocycles. The van der Waals surface area contributed by atoms with Gasteiger partial charge in [-0.3, -0.25) is 0 Å². The van der Waals surface area contributed by atoms with Crippen molar-refractivity contribution in [1.29, 1.82) is 0 Å². The monoisotopic (exact) mass is 736 g/mol. The molecule has 12 aromatic rings. The number of para-hydroxylation sites is 3. The second kappa shape index (κ2) is 12.9. The van der Waals surface area contributed by atoms with Crippen LogP contribution in [0.15, 0.2) is 218 Å². The first kappa shape index (κ1) is 32.6. The Kier molecular flexibility index (Phi) is 7.26. The van der Waals surface area contributed by atoms with Crippen LogP contribution in [0.3, 0.4) is 0 Å². The molecule has 0 saturated carbocycles. The third-order valence-electron chi connectivity index (χ3n) is 12.1. The molecule has 0 radical (unpaired) electrons. The lowest BCUT2D eigenvalue weighted by Crippen LogP contribution is -2.10. The van der Waals surface area contributed by atoms with Crippen molar-refractivity contribution in [3.63, 3.8) is 0 Å². The van der Waals surface area contributed by atoms with Crippen LogP contribution >= 0.6 is 0 Å². The summed E-state index contributed by atoms with van der Waals surface area (Å²) in [5.41, 5.74) is 9.33. The standard InChI is InChI=1S/C56H36N2/c1-3-15-37(16-4-1)38-27-33-45-46-34-32-42(36-52(46)56-50-24-10-8-20-44(50)43-19-7-9-23-49(43)55(56)51(45)35-38)57(39-17-5-2-6-18-39)40-28-30-41(31-29-40)58-53-25-13-11-21-47(53)48-22-12-14-26-54(48)58/h1-36H. The average Bonchev–Trinajstić information content (AvgIpc) is 3.64. The van der Waals surface area contributed by atoms with Gasteiger partial charge in [-0.05, 0) is 132 Å². The summed E-state index contributed by atoms with van der Waals surface area (Å²) in [4.78, 5) is 2.40. The Labute approximate surface area is 336 Å². The molecule has 12 rings (SSSR count). The lowest BCUT2D eigenvalue weighted by molar-refractivity contribution is 1.17. The molecule has 2 heteroatoms. The van der Waals surface area contributed by atoms with E-state index < -0.39 is 0 Å². The molecule has 0 aliphatic carbocycles. The SMILES string of the molecule is c1ccc(-c2ccc3c4ccc(N(c5ccccc5)c5ccc(-n6c7ccccc7c7ccccc76)cc5)cc4c4c5ccccc5c5ccccc5c4c3c2)cc1. The highest BCUT2D eigenvalue weighted by molar-refractivity contribution is 6.39. The van der Waals surface area contributed by atoms with Crippen LogP contribution in [0.5, 0.6) is 0 Å². The van der Waals surface area contributed by atoms with Gasteiger partial charge in [0.15, 0.2) is 0 Å². The fourth-order valence-corrected chi connectivity index (χ4v) is 9.59. The van der Waals surface area contributed by atoms with E-state index in [1.54, 1.807) is 0 Å². The van der Waals surface area contributed by atoms with E-state index in [1.165, 1.54) is 86.8 Å². The van der Waals surface area contributed by atoms with E-state index in [4.69, 9.17) is 0 Å². The fourth-order valence-electron chi connectivity index (χ4n) is 9.59. The number of hydrogen-bond acceptors (Lipinski definition) is 1. The molecule has 0 atom stereocenters. The molecular formula is C56H36N2. The first-order chi connectivity index (χ1) is 28.8. The topological polar surface area (TPSA) is 8.17 Å². The quantitative estimate of drug-likeness (QED) is 0.160. The van der Waals surface area contributed by atoms with Gasteiger partial charge in [0.05, 0.1) is 11.0 Å². The molecule has 270 valence electrons. The molecule has 58 heavy (non-hydrogen) atoms. The number of fused-ring (bicyclic) bond motifs is 14. The van der Waals surface area contributed by atoms with Gasteiger partial charge in [-0.2, -0.15) is 0 Å². The molecule has 2 nitrogen and oxygen atoms in total. The van der Waals surface area contributed by atoms with E-state index in [1.807, 2.05) is 0 Å². The van der Waals surface area contributed by atoms with Crippen LogP contribution in [0.1, 0.15) is 0 Å². The van der Waals surface area contributed by atoms with Gasteiger partial charge in [0.1, 0.15) is 0 Å². The summed E-state index contributed by atoms with van der Waals surface area (Å²) in [6, 6.07) is 80.0. The molecule has 0 amide bonds. The summed E-state index contributed by atoms with van der Waals surface area (Å²) in [5, 5.41) is 15.3. The predicted molar refractivity (Wildman–Crippen MR) is 248 cm³/mol. The normalized spacial score (nSPS) is 11.8. The minimum Gasteiger partial charge on any atom is -0.310 e. The highest BCUT2D eigenvalue weighted by atomic mass is 15.1. The van der Waals surface area contributed by atoms with Crippen molar-refractivity contribution >= 4 is 92.7 Å². The Bertz CT molecular complexity index is 3490. The smallest absolute Gasteiger partial charge is 0.0541 e. The third kappa shape index (κ3) is 4.92. The van der Waals surface area contributed by atoms with Crippen molar-refractivity contribution in [2.24, 2.45) is 0 Å². The largest absolute Gasteiger partial charge is 0.310 e. The molecule has 0 aliphatic rings. The first-order valence-corrected chi connectivity index (χ1v) is 20.0. The summed E-state index contributed by atoms with van der Waals surface area (Å²) >= 11 is 0. The number of benzene rings is 11. The molecule has 0 unspecified atom stereocenters. The van der Waals surface area contributed by atoms with Crippen LogP contribution < -0.4 is 4.90 Å². The van der Waals surface area contributed by atoms with Crippen LogP contribution in [0.4, 0.5) is 17.1 Å². The maximum atomic E-state index is 2.43. The fraction of sp³-hybridized carbons (Fsp3) is 0. The van der Waals surface area contributed by atoms with Gasteiger partial charge < -0.3 is 9.47 Å². The highest BCUT2D eigenvalue weighted by Gasteiger charge is 2.20. The van der Waals surface area contributed by atoms with Crippen LogP contribution in [0.2, 0.25) is 0 Å². The Morgan fingerprint density at radius 2 is 0.690 bits per heavy atom. The van der Waals surface area contributed by atoms with Crippen molar-refractivity contribution in [3.05, 3.63) is 218 Å². The number of hydrogen-bond donors (Lipinski definition) is 0. The zero-order valence-electron chi connectivity index (χ0n) is 31.7. The van der Waals surface area contributed by atoms with Gasteiger partial charge in [-0.15, -0.1) is 0 Å². The van der Waals surface area contributed by atoms with Crippen molar-refractivity contribution in [3.8, 4) is 16.8 Å². The molecule has 0 spiro atoms. The Morgan fingerprint density at radius 1 is 0.259 bits per heavy atom. The van der Waals surface area contributed by atoms with E-state index in [0.29, 0.717) is 0 Å². The Hall–Kier alpha value is -7.68. The minimum absolute atomic E-state index is 1.10. The minimum atomic E-state index is 1.10. The second-order valence-electron chi connectivity index (χ2n) is 15.3. The number of rotatable bonds is 5. The molecule has 0 fully saturated rings. The van der Waals surface area contributed by atoms with E-state index >= 15 is 0 Å². The zero-order valence-corrected chi connectivity index (χ0v) is 31.7. The molecule has 0 bridgehead atoms. The lowest BCUT2D eigenvalue weighted by Gasteiger charge is -2.27. The van der Waals surface area contributed by atoms with Crippen molar-refractivity contribution in [2.75, 3.05) is 4.90 Å². The molecule has 0 aliphatic heterocycles. The molecule has 11 aromatic carbocycles. The number of aromatic nitrogens is 1. The molecular weight excluding hydrogens is 701 g/mol. The van der Waals surface area contributed by atoms with Crippen molar-refractivity contribution < 1.29 is 0 Å². The van der Waals surface area contributed by atoms with Gasteiger partial charge in [0, 0.05) is 33.5 Å². The van der Waals surface area contributed by atoms with E-state index in [9.17, 15) is 0 Å². The summed E-state index contributed by atoms with van der Waals surface area (Å²) < 4.78 is 2.38. The van der Waals surface area contributed by atoms with Crippen LogP contribution in [0.25, 0.3) is 92.5 Å². The summed E-state index contributed by atoms with van der Waals surface area (Å²) in [6.45, 7) is 0. The van der Waals surface area contributed by atoms with Gasteiger partial charge in [0.25, 0.3) is 0 Å². The van der Waals surface area contributed by atoms with Crippen LogP contribution in [-0.2, 0) is 0 Å². The first-order valence-electron chi connectivity index (χ1n) is 20.0. The van der Waals surface area contributed by atoms with E-state index in [0.717, 1.165) is 22.7 Å². The van der Waals surface area contributed by atoms with Gasteiger partial charge in [-0.1, -0.05) is 152 Å². The third-order valence-corrected chi connectivity index (χ3v) is 12.1. The van der Waals surface area contributed by atoms with Crippen molar-refractivity contribution in [1.82, 2.24) is 4.57 Å². The summed E-state index contributed by atoms with van der Waals surface area (Å²) in [7, 11) is 0. The highest BCUT2D eigenvalue weighted by Crippen LogP contribution is 2.47. The van der Waals surface area contributed by atoms with E-state index in [-0.39, 0.29) is 0 Å². The second-order valence-corrected chi connectivity index (χ2v) is 15.3. The maximum Gasteiger partial charge on any atom is 0.0541 e. The lowest BCUT2D eigenvalue weighted by atomic mass is 9.86. The summed E-state index contributed by atoms with van der Waals surface area (Å²) in [6.07, 6.45) is 0. The maximum absolute atomic E-state index is 2.43. The van der Waals surface area contributed by atoms with Gasteiger partial charge in [-0.25, -0.2) is 0 Å². The molecule has 0 N–H and O–H groups in total. The Balaban J connectivity index is 1.12. The van der Waals surface area contributed by atoms with Crippen LogP contribution in [-0.4, -0.2) is 4.57 Å². The molecule has 1 heterocycles. The Morgan fingerprint density at radius 3 is 1.29 bits per heavy atom. The van der Waals surface area contributed by atoms with Crippen molar-refractivity contribution in [2.45, 2.75) is 0 Å². The van der Waals surface area contributed by atoms with Gasteiger partial charge in [0.2, 0.25) is 0 Å². The average molecular weight is 737 g/mol. The predicted octanol–water partition coefficient (Wildman–Crippen LogP) is 15.7. The molecule has 0 saturated heterocycles. The summed E-state index contributed by atoms with van der Waals surface area (Å²) in [5.74, 6) is 0. The van der Waals surface area contributed by atoms with E-state index in [2.05, 4.69) is 228 Å². The van der Waals surface area contributed by atoms with Gasteiger partial charge >= 0.3 is 0 Å². The van der Waals surface area contributed by atoms with Crippen LogP contribution in [0, 0.1) is 0 Å². The number of anilines is 3. The number of nitrogens with zero attached hydrogens (tertiary/aromatic N) is 2.